The fourth-order valence-electron chi connectivity index (χ4n) is 3.91. The molecule has 1 aliphatic carbocycles. The number of rotatable bonds is 12. The van der Waals surface area contributed by atoms with Crippen LogP contribution in [0.2, 0.25) is 0 Å². The summed E-state index contributed by atoms with van der Waals surface area (Å²) >= 11 is 0. The molecule has 0 spiro atoms. The van der Waals surface area contributed by atoms with Crippen LogP contribution in [0.25, 0.3) is 0 Å². The van der Waals surface area contributed by atoms with Crippen molar-refractivity contribution in [1.82, 2.24) is 10.6 Å². The molecular formula is C26H41N3O3. The average Bonchev–Trinajstić information content (AvgIpc) is 3.30. The fraction of sp³-hybridized carbons (Fsp3) is 0.500. The first kappa shape index (κ1) is 27.8. The lowest BCUT2D eigenvalue weighted by atomic mass is 9.76. The zero-order chi connectivity index (χ0) is 23.8. The van der Waals surface area contributed by atoms with Crippen LogP contribution < -0.4 is 10.6 Å². The van der Waals surface area contributed by atoms with Gasteiger partial charge in [0.2, 0.25) is 0 Å². The van der Waals surface area contributed by atoms with Crippen LogP contribution in [-0.2, 0) is 5.41 Å². The predicted octanol–water partition coefficient (Wildman–Crippen LogP) is 4.33. The number of hydrogen-bond acceptors (Lipinski definition) is 6. The van der Waals surface area contributed by atoms with Gasteiger partial charge in [0.25, 0.3) is 0 Å². The second kappa shape index (κ2) is 15.5. The van der Waals surface area contributed by atoms with Gasteiger partial charge < -0.3 is 15.3 Å². The maximum Gasteiger partial charge on any atom is 0.165 e. The zero-order valence-corrected chi connectivity index (χ0v) is 19.6. The number of aliphatic hydroxyl groups excluding tert-OH is 3. The molecule has 1 aromatic rings. The van der Waals surface area contributed by atoms with Crippen molar-refractivity contribution < 1.29 is 15.3 Å². The van der Waals surface area contributed by atoms with Gasteiger partial charge in [-0.05, 0) is 56.8 Å². The van der Waals surface area contributed by atoms with Crippen molar-refractivity contribution in [3.05, 3.63) is 72.2 Å². The molecule has 0 aliphatic heterocycles. The molecular weight excluding hydrogens is 402 g/mol. The van der Waals surface area contributed by atoms with Crippen LogP contribution in [0.4, 0.5) is 0 Å². The number of nitrogens with zero attached hydrogens (tertiary/aromatic N) is 1. The Morgan fingerprint density at radius 3 is 2.31 bits per heavy atom. The molecule has 0 bridgehead atoms. The maximum atomic E-state index is 10.3. The Hall–Kier alpha value is -2.25. The summed E-state index contributed by atoms with van der Waals surface area (Å²) in [4.78, 5) is 3.68. The second-order valence-corrected chi connectivity index (χ2v) is 7.97. The molecule has 6 nitrogen and oxygen atoms in total. The summed E-state index contributed by atoms with van der Waals surface area (Å²) in [6, 6.07) is 10.5. The summed E-state index contributed by atoms with van der Waals surface area (Å²) in [5.74, 6) is -0.421. The SMILES string of the molecule is C=CCC.C=N/C(=C(/O)C(O)NCCC1(c2ccccc2)CCCC1)C(O)NC/C=C/C. The molecule has 2 rings (SSSR count). The molecule has 0 aromatic heterocycles. The lowest BCUT2D eigenvalue weighted by molar-refractivity contribution is 0.104. The van der Waals surface area contributed by atoms with E-state index in [-0.39, 0.29) is 11.1 Å². The summed E-state index contributed by atoms with van der Waals surface area (Å²) in [6.45, 7) is 11.7. The van der Waals surface area contributed by atoms with E-state index in [0.29, 0.717) is 13.1 Å². The third-order valence-corrected chi connectivity index (χ3v) is 5.79. The highest BCUT2D eigenvalue weighted by Gasteiger charge is 2.35. The topological polar surface area (TPSA) is 97.1 Å². The van der Waals surface area contributed by atoms with Crippen molar-refractivity contribution in [3.8, 4) is 0 Å². The van der Waals surface area contributed by atoms with Gasteiger partial charge in [-0.3, -0.25) is 15.6 Å². The Labute approximate surface area is 193 Å². The van der Waals surface area contributed by atoms with E-state index in [4.69, 9.17) is 0 Å². The summed E-state index contributed by atoms with van der Waals surface area (Å²) < 4.78 is 0. The molecule has 5 N–H and O–H groups in total. The van der Waals surface area contributed by atoms with Crippen molar-refractivity contribution in [2.75, 3.05) is 13.1 Å². The van der Waals surface area contributed by atoms with Crippen molar-refractivity contribution in [1.29, 1.82) is 0 Å². The van der Waals surface area contributed by atoms with Gasteiger partial charge in [-0.25, -0.2) is 0 Å². The molecule has 6 heteroatoms. The van der Waals surface area contributed by atoms with E-state index >= 15 is 0 Å². The van der Waals surface area contributed by atoms with Crippen LogP contribution in [0, 0.1) is 0 Å². The molecule has 2 atom stereocenters. The van der Waals surface area contributed by atoms with Crippen molar-refractivity contribution in [3.63, 3.8) is 0 Å². The molecule has 178 valence electrons. The van der Waals surface area contributed by atoms with Gasteiger partial charge in [0.15, 0.2) is 18.2 Å². The normalized spacial score (nSPS) is 17.8. The van der Waals surface area contributed by atoms with Crippen molar-refractivity contribution in [2.45, 2.75) is 70.2 Å². The van der Waals surface area contributed by atoms with Gasteiger partial charge in [-0.2, -0.15) is 0 Å². The minimum Gasteiger partial charge on any atom is -0.506 e. The zero-order valence-electron chi connectivity index (χ0n) is 19.6. The fourth-order valence-corrected chi connectivity index (χ4v) is 3.91. The number of aliphatic imine (C=N–C) groups is 1. The molecule has 1 aliphatic rings. The van der Waals surface area contributed by atoms with Crippen LogP contribution in [0.15, 0.2) is 71.6 Å². The van der Waals surface area contributed by atoms with Crippen LogP contribution in [-0.4, -0.2) is 47.6 Å². The lowest BCUT2D eigenvalue weighted by Crippen LogP contribution is -2.38. The van der Waals surface area contributed by atoms with E-state index in [1.807, 2.05) is 31.2 Å². The Kier molecular flexibility index (Phi) is 13.5. The molecule has 0 heterocycles. The van der Waals surface area contributed by atoms with Crippen LogP contribution in [0.5, 0.6) is 0 Å². The standard InChI is InChI=1S/C22H33N3O3.C4H8/c1-3-4-15-24-20(27)18(23-2)19(26)21(28)25-16-14-22(12-8-9-13-22)17-10-6-5-7-11-17;1-3-4-2/h3-7,10-11,20-21,24-28H,2,8-9,12-16H2,1H3;3H,1,4H2,2H3/b4-3+,19-18+;. The second-order valence-electron chi connectivity index (χ2n) is 7.97. The van der Waals surface area contributed by atoms with Crippen molar-refractivity contribution in [2.24, 2.45) is 4.99 Å². The minimum atomic E-state index is -1.31. The van der Waals surface area contributed by atoms with E-state index in [1.54, 1.807) is 0 Å². The van der Waals surface area contributed by atoms with Gasteiger partial charge in [0, 0.05) is 6.54 Å². The quantitative estimate of drug-likeness (QED) is 0.143. The molecule has 0 amide bonds. The number of benzene rings is 1. The van der Waals surface area contributed by atoms with E-state index < -0.39 is 18.2 Å². The first-order valence-corrected chi connectivity index (χ1v) is 11.5. The van der Waals surface area contributed by atoms with Crippen molar-refractivity contribution >= 4 is 6.72 Å². The molecule has 32 heavy (non-hydrogen) atoms. The first-order chi connectivity index (χ1) is 15.5. The van der Waals surface area contributed by atoms with E-state index in [1.165, 1.54) is 18.4 Å². The highest BCUT2D eigenvalue weighted by molar-refractivity contribution is 5.31. The maximum absolute atomic E-state index is 10.3. The van der Waals surface area contributed by atoms with Gasteiger partial charge >= 0.3 is 0 Å². The summed E-state index contributed by atoms with van der Waals surface area (Å²) in [7, 11) is 0. The van der Waals surface area contributed by atoms with Crippen LogP contribution in [0.1, 0.15) is 57.9 Å². The smallest absolute Gasteiger partial charge is 0.165 e. The Balaban J connectivity index is 0.00000118. The Morgan fingerprint density at radius 2 is 1.78 bits per heavy atom. The molecule has 0 radical (unpaired) electrons. The summed E-state index contributed by atoms with van der Waals surface area (Å²) in [5, 5.41) is 36.4. The van der Waals surface area contributed by atoms with Gasteiger partial charge in [-0.1, -0.05) is 68.3 Å². The number of aliphatic hydroxyl groups is 3. The molecule has 0 saturated heterocycles. The highest BCUT2D eigenvalue weighted by atomic mass is 16.3. The van der Waals surface area contributed by atoms with Gasteiger partial charge in [0.1, 0.15) is 5.70 Å². The summed E-state index contributed by atoms with van der Waals surface area (Å²) in [5.41, 5.74) is 1.36. The van der Waals surface area contributed by atoms with Crippen LogP contribution in [0.3, 0.4) is 0 Å². The monoisotopic (exact) mass is 443 g/mol. The Morgan fingerprint density at radius 1 is 1.16 bits per heavy atom. The Bertz CT molecular complexity index is 725. The lowest BCUT2D eigenvalue weighted by Gasteiger charge is -2.30. The van der Waals surface area contributed by atoms with E-state index in [2.05, 4.69) is 60.1 Å². The molecule has 1 aromatic carbocycles. The molecule has 2 unspecified atom stereocenters. The highest BCUT2D eigenvalue weighted by Crippen LogP contribution is 2.43. The predicted molar refractivity (Wildman–Crippen MR) is 134 cm³/mol. The first-order valence-electron chi connectivity index (χ1n) is 11.5. The van der Waals surface area contributed by atoms with Gasteiger partial charge in [-0.15, -0.1) is 6.58 Å². The minimum absolute atomic E-state index is 0.0804. The van der Waals surface area contributed by atoms with Crippen LogP contribution >= 0.6 is 0 Å². The molecule has 1 fully saturated rings. The largest absolute Gasteiger partial charge is 0.506 e. The number of allylic oxidation sites excluding steroid dienone is 2. The third kappa shape index (κ3) is 8.71. The number of hydrogen-bond donors (Lipinski definition) is 5. The van der Waals surface area contributed by atoms with Gasteiger partial charge in [0.05, 0.1) is 0 Å². The average molecular weight is 444 g/mol. The number of nitrogens with one attached hydrogen (secondary N) is 2. The third-order valence-electron chi connectivity index (χ3n) is 5.79. The summed E-state index contributed by atoms with van der Waals surface area (Å²) in [6.07, 6.45) is 9.62. The van der Waals surface area contributed by atoms with E-state index in [0.717, 1.165) is 25.7 Å². The van der Waals surface area contributed by atoms with E-state index in [9.17, 15) is 15.3 Å². The molecule has 1 saturated carbocycles.